The standard InChI is InChI=1S/C25H27N5O3S/c1-4-30-23-22(17(2)28-30)27-25(34-16-21(31)26-14-18-8-6-5-7-9-18)29(24(23)32)15-19-10-12-20(33-3)13-11-19/h5-13H,4,14-16H2,1-3H3,(H,26,31). The molecular formula is C25H27N5O3S. The third-order valence-corrected chi connectivity index (χ3v) is 6.42. The van der Waals surface area contributed by atoms with E-state index in [2.05, 4.69) is 10.4 Å². The molecule has 4 aromatic rings. The van der Waals surface area contributed by atoms with Crippen LogP contribution in [0.1, 0.15) is 23.7 Å². The molecule has 4 rings (SSSR count). The summed E-state index contributed by atoms with van der Waals surface area (Å²) >= 11 is 1.25. The molecule has 2 heterocycles. The lowest BCUT2D eigenvalue weighted by Crippen LogP contribution is -2.27. The first kappa shape index (κ1) is 23.6. The maximum atomic E-state index is 13.5. The Morgan fingerprint density at radius 1 is 1.09 bits per heavy atom. The summed E-state index contributed by atoms with van der Waals surface area (Å²) in [7, 11) is 1.61. The summed E-state index contributed by atoms with van der Waals surface area (Å²) in [6.07, 6.45) is 0. The molecule has 0 aliphatic heterocycles. The summed E-state index contributed by atoms with van der Waals surface area (Å²) in [6.45, 7) is 5.13. The summed E-state index contributed by atoms with van der Waals surface area (Å²) < 4.78 is 8.54. The zero-order valence-electron chi connectivity index (χ0n) is 19.4. The fourth-order valence-electron chi connectivity index (χ4n) is 3.66. The second-order valence-electron chi connectivity index (χ2n) is 7.78. The molecule has 0 aliphatic carbocycles. The quantitative estimate of drug-likeness (QED) is 0.294. The molecule has 9 heteroatoms. The number of carbonyl (C=O) groups is 1. The lowest BCUT2D eigenvalue weighted by molar-refractivity contribution is -0.118. The minimum atomic E-state index is -0.171. The van der Waals surface area contributed by atoms with Crippen molar-refractivity contribution in [3.8, 4) is 5.75 Å². The first-order valence-corrected chi connectivity index (χ1v) is 12.0. The molecule has 0 unspecified atom stereocenters. The van der Waals surface area contributed by atoms with Gasteiger partial charge in [0.25, 0.3) is 5.56 Å². The van der Waals surface area contributed by atoms with Crippen molar-refractivity contribution >= 4 is 28.7 Å². The normalized spacial score (nSPS) is 11.0. The number of carbonyl (C=O) groups excluding carboxylic acids is 1. The molecular weight excluding hydrogens is 450 g/mol. The van der Waals surface area contributed by atoms with Crippen LogP contribution in [-0.4, -0.2) is 38.1 Å². The van der Waals surface area contributed by atoms with E-state index >= 15 is 0 Å². The SMILES string of the molecule is CCn1nc(C)c2nc(SCC(=O)NCc3ccccc3)n(Cc3ccc(OC)cc3)c(=O)c21. The van der Waals surface area contributed by atoms with Crippen LogP contribution in [0.25, 0.3) is 11.0 Å². The smallest absolute Gasteiger partial charge is 0.280 e. The van der Waals surface area contributed by atoms with Gasteiger partial charge in [0.1, 0.15) is 11.3 Å². The number of methoxy groups -OCH3 is 1. The van der Waals surface area contributed by atoms with E-state index in [4.69, 9.17) is 9.72 Å². The van der Waals surface area contributed by atoms with E-state index in [1.807, 2.05) is 68.4 Å². The maximum absolute atomic E-state index is 13.5. The van der Waals surface area contributed by atoms with Crippen molar-refractivity contribution in [2.24, 2.45) is 0 Å². The molecule has 176 valence electrons. The van der Waals surface area contributed by atoms with Gasteiger partial charge in [0.15, 0.2) is 10.7 Å². The largest absolute Gasteiger partial charge is 0.497 e. The summed E-state index contributed by atoms with van der Waals surface area (Å²) in [4.78, 5) is 30.8. The van der Waals surface area contributed by atoms with Gasteiger partial charge in [-0.05, 0) is 37.1 Å². The van der Waals surface area contributed by atoms with Crippen LogP contribution < -0.4 is 15.6 Å². The number of fused-ring (bicyclic) bond motifs is 1. The van der Waals surface area contributed by atoms with Crippen molar-refractivity contribution in [3.05, 3.63) is 81.8 Å². The topological polar surface area (TPSA) is 91.0 Å². The van der Waals surface area contributed by atoms with Crippen LogP contribution in [0.2, 0.25) is 0 Å². The van der Waals surface area contributed by atoms with Gasteiger partial charge in [-0.1, -0.05) is 54.2 Å². The zero-order chi connectivity index (χ0) is 24.1. The van der Waals surface area contributed by atoms with Crippen molar-refractivity contribution in [2.45, 2.75) is 38.6 Å². The van der Waals surface area contributed by atoms with Gasteiger partial charge in [-0.15, -0.1) is 0 Å². The van der Waals surface area contributed by atoms with Crippen LogP contribution in [-0.2, 0) is 24.4 Å². The lowest BCUT2D eigenvalue weighted by Gasteiger charge is -2.13. The highest BCUT2D eigenvalue weighted by molar-refractivity contribution is 7.99. The first-order chi connectivity index (χ1) is 16.5. The number of benzene rings is 2. The molecule has 0 spiro atoms. The van der Waals surface area contributed by atoms with E-state index < -0.39 is 0 Å². The zero-order valence-corrected chi connectivity index (χ0v) is 20.3. The van der Waals surface area contributed by atoms with Crippen LogP contribution in [0.15, 0.2) is 64.5 Å². The fourth-order valence-corrected chi connectivity index (χ4v) is 4.48. The second kappa shape index (κ2) is 10.6. The molecule has 0 bridgehead atoms. The Kier molecular flexibility index (Phi) is 7.32. The Labute approximate surface area is 202 Å². The van der Waals surface area contributed by atoms with Crippen LogP contribution in [0.4, 0.5) is 0 Å². The molecule has 1 amide bonds. The Morgan fingerprint density at radius 2 is 1.82 bits per heavy atom. The van der Waals surface area contributed by atoms with Crippen molar-refractivity contribution in [1.82, 2.24) is 24.6 Å². The highest BCUT2D eigenvalue weighted by Crippen LogP contribution is 2.21. The van der Waals surface area contributed by atoms with Crippen LogP contribution >= 0.6 is 11.8 Å². The molecule has 2 aromatic heterocycles. The van der Waals surface area contributed by atoms with E-state index in [1.54, 1.807) is 16.4 Å². The molecule has 0 radical (unpaired) electrons. The van der Waals surface area contributed by atoms with Crippen molar-refractivity contribution in [1.29, 1.82) is 0 Å². The number of amides is 1. The highest BCUT2D eigenvalue weighted by Gasteiger charge is 2.19. The highest BCUT2D eigenvalue weighted by atomic mass is 32.2. The van der Waals surface area contributed by atoms with Gasteiger partial charge in [0.05, 0.1) is 25.1 Å². The Morgan fingerprint density at radius 3 is 2.50 bits per heavy atom. The average molecular weight is 478 g/mol. The van der Waals surface area contributed by atoms with Gasteiger partial charge in [0, 0.05) is 13.1 Å². The van der Waals surface area contributed by atoms with Gasteiger partial charge >= 0.3 is 0 Å². The van der Waals surface area contributed by atoms with E-state index in [1.165, 1.54) is 11.8 Å². The molecule has 34 heavy (non-hydrogen) atoms. The number of hydrogen-bond donors (Lipinski definition) is 1. The number of ether oxygens (including phenoxy) is 1. The van der Waals surface area contributed by atoms with E-state index in [0.29, 0.717) is 41.5 Å². The van der Waals surface area contributed by atoms with Crippen molar-refractivity contribution < 1.29 is 9.53 Å². The first-order valence-electron chi connectivity index (χ1n) is 11.0. The summed E-state index contributed by atoms with van der Waals surface area (Å²) in [5.74, 6) is 0.767. The minimum Gasteiger partial charge on any atom is -0.497 e. The average Bonchev–Trinajstić information content (AvgIpc) is 3.19. The number of aromatic nitrogens is 4. The monoisotopic (exact) mass is 477 g/mol. The minimum absolute atomic E-state index is 0.125. The molecule has 0 saturated carbocycles. The predicted octanol–water partition coefficient (Wildman–Crippen LogP) is 3.39. The van der Waals surface area contributed by atoms with Crippen molar-refractivity contribution in [2.75, 3.05) is 12.9 Å². The summed E-state index contributed by atoms with van der Waals surface area (Å²) in [5.41, 5.74) is 3.53. The van der Waals surface area contributed by atoms with Gasteiger partial charge in [0.2, 0.25) is 5.91 Å². The van der Waals surface area contributed by atoms with Crippen molar-refractivity contribution in [3.63, 3.8) is 0 Å². The third kappa shape index (κ3) is 5.14. The molecule has 0 atom stereocenters. The number of thioether (sulfide) groups is 1. The van der Waals surface area contributed by atoms with Crippen LogP contribution in [0, 0.1) is 6.92 Å². The fraction of sp³-hybridized carbons (Fsp3) is 0.280. The Bertz CT molecular complexity index is 1350. The summed E-state index contributed by atoms with van der Waals surface area (Å²) in [6, 6.07) is 17.3. The van der Waals surface area contributed by atoms with Gasteiger partial charge in [-0.3, -0.25) is 18.8 Å². The second-order valence-corrected chi connectivity index (χ2v) is 8.73. The molecule has 2 aromatic carbocycles. The van der Waals surface area contributed by atoms with Crippen LogP contribution in [0.5, 0.6) is 5.75 Å². The number of nitrogens with one attached hydrogen (secondary N) is 1. The van der Waals surface area contributed by atoms with Gasteiger partial charge in [-0.2, -0.15) is 5.10 Å². The predicted molar refractivity (Wildman–Crippen MR) is 133 cm³/mol. The number of nitrogens with zero attached hydrogens (tertiary/aromatic N) is 4. The number of rotatable bonds is 9. The maximum Gasteiger partial charge on any atom is 0.280 e. The van der Waals surface area contributed by atoms with Crippen LogP contribution in [0.3, 0.4) is 0 Å². The molecule has 0 saturated heterocycles. The third-order valence-electron chi connectivity index (χ3n) is 5.45. The molecule has 0 fully saturated rings. The Balaban J connectivity index is 1.62. The summed E-state index contributed by atoms with van der Waals surface area (Å²) in [5, 5.41) is 7.89. The lowest BCUT2D eigenvalue weighted by atomic mass is 10.2. The number of aryl methyl sites for hydroxylation is 2. The van der Waals surface area contributed by atoms with E-state index in [9.17, 15) is 9.59 Å². The van der Waals surface area contributed by atoms with E-state index in [-0.39, 0.29) is 17.2 Å². The number of hydrogen-bond acceptors (Lipinski definition) is 6. The molecule has 0 aliphatic rings. The van der Waals surface area contributed by atoms with Gasteiger partial charge < -0.3 is 10.1 Å². The Hall–Kier alpha value is -3.59. The van der Waals surface area contributed by atoms with E-state index in [0.717, 1.165) is 16.9 Å². The molecule has 1 N–H and O–H groups in total. The molecule has 8 nitrogen and oxygen atoms in total. The van der Waals surface area contributed by atoms with Gasteiger partial charge in [-0.25, -0.2) is 4.98 Å².